The summed E-state index contributed by atoms with van der Waals surface area (Å²) in [6, 6.07) is 3.13. The van der Waals surface area contributed by atoms with Crippen LogP contribution in [0.25, 0.3) is 10.6 Å². The second-order valence-corrected chi connectivity index (χ2v) is 6.93. The number of likely N-dealkylation sites (tertiary alicyclic amines) is 1. The van der Waals surface area contributed by atoms with E-state index in [1.165, 1.54) is 6.92 Å². The average molecular weight is 375 g/mol. The van der Waals surface area contributed by atoms with Crippen LogP contribution in [-0.2, 0) is 6.18 Å². The lowest BCUT2D eigenvalue weighted by atomic mass is 10.1. The lowest BCUT2D eigenvalue weighted by Gasteiger charge is -2.30. The fourth-order valence-corrected chi connectivity index (χ4v) is 3.79. The molecule has 0 unspecified atom stereocenters. The van der Waals surface area contributed by atoms with Crippen LogP contribution >= 0.6 is 11.3 Å². The summed E-state index contributed by atoms with van der Waals surface area (Å²) in [6.45, 7) is 2.31. The number of rotatable bonds is 3. The van der Waals surface area contributed by atoms with Crippen LogP contribution in [0.4, 0.5) is 13.2 Å². The Morgan fingerprint density at radius 1 is 1.40 bits per heavy atom. The van der Waals surface area contributed by atoms with Crippen molar-refractivity contribution >= 4 is 17.2 Å². The summed E-state index contributed by atoms with van der Waals surface area (Å²) in [5.74, 6) is -1.30. The van der Waals surface area contributed by atoms with Crippen LogP contribution in [-0.4, -0.2) is 40.3 Å². The molecule has 1 fully saturated rings. The van der Waals surface area contributed by atoms with Gasteiger partial charge >= 0.3 is 6.18 Å². The Balaban J connectivity index is 1.77. The van der Waals surface area contributed by atoms with Crippen molar-refractivity contribution in [1.29, 1.82) is 0 Å². The van der Waals surface area contributed by atoms with Crippen molar-refractivity contribution in [3.8, 4) is 10.6 Å². The number of hydrogen-bond acceptors (Lipinski definition) is 6. The topological polar surface area (TPSA) is 78.6 Å². The number of piperidine rings is 1. The molecule has 3 heterocycles. The van der Waals surface area contributed by atoms with Crippen molar-refractivity contribution in [3.05, 3.63) is 28.3 Å². The van der Waals surface area contributed by atoms with Gasteiger partial charge in [-0.2, -0.15) is 13.2 Å². The predicted octanol–water partition coefficient (Wildman–Crippen LogP) is 3.31. The van der Waals surface area contributed by atoms with Gasteiger partial charge in [-0.1, -0.05) is 5.16 Å². The Morgan fingerprint density at radius 3 is 2.64 bits per heavy atom. The van der Waals surface area contributed by atoms with Gasteiger partial charge in [0.25, 0.3) is 5.91 Å². The van der Waals surface area contributed by atoms with E-state index in [1.54, 1.807) is 17.0 Å². The number of carbonyl (C=O) groups excluding carboxylic acids is 1. The first-order chi connectivity index (χ1) is 11.8. The molecule has 3 rings (SSSR count). The fraction of sp³-hybridized carbons (Fsp3) is 0.467. The number of carbonyl (C=O) groups is 1. The second-order valence-electron chi connectivity index (χ2n) is 5.84. The van der Waals surface area contributed by atoms with E-state index in [0.717, 1.165) is 11.3 Å². The zero-order chi connectivity index (χ0) is 18.2. The molecule has 6 nitrogen and oxygen atoms in total. The third-order valence-electron chi connectivity index (χ3n) is 4.20. The molecule has 0 aliphatic carbocycles. The molecule has 0 spiro atoms. The number of amides is 1. The second kappa shape index (κ2) is 6.77. The number of alkyl halides is 3. The highest BCUT2D eigenvalue weighted by atomic mass is 32.1. The highest BCUT2D eigenvalue weighted by molar-refractivity contribution is 7.17. The first-order valence-corrected chi connectivity index (χ1v) is 8.45. The minimum absolute atomic E-state index is 0.0264. The number of thiophene rings is 1. The highest BCUT2D eigenvalue weighted by Gasteiger charge is 2.39. The van der Waals surface area contributed by atoms with Crippen LogP contribution < -0.4 is 5.48 Å². The first-order valence-electron chi connectivity index (χ1n) is 7.64. The van der Waals surface area contributed by atoms with E-state index in [2.05, 4.69) is 15.2 Å². The van der Waals surface area contributed by atoms with E-state index in [0.29, 0.717) is 35.7 Å². The summed E-state index contributed by atoms with van der Waals surface area (Å²) in [5, 5.41) is 12.4. The van der Waals surface area contributed by atoms with E-state index in [9.17, 15) is 18.0 Å². The Labute approximate surface area is 145 Å². The molecule has 0 atom stereocenters. The van der Waals surface area contributed by atoms with Crippen LogP contribution in [0.5, 0.6) is 0 Å². The number of hydroxylamine groups is 1. The van der Waals surface area contributed by atoms with Gasteiger partial charge in [-0.25, -0.2) is 5.48 Å². The van der Waals surface area contributed by atoms with Gasteiger partial charge in [-0.15, -0.1) is 11.3 Å². The Morgan fingerprint density at radius 2 is 2.08 bits per heavy atom. The summed E-state index contributed by atoms with van der Waals surface area (Å²) in [5.41, 5.74) is 2.21. The number of halogens is 3. The smallest absolute Gasteiger partial charge is 0.351 e. The first kappa shape index (κ1) is 17.9. The van der Waals surface area contributed by atoms with Crippen LogP contribution in [0.3, 0.4) is 0 Å². The van der Waals surface area contributed by atoms with Gasteiger partial charge in [-0.05, 0) is 31.9 Å². The minimum Gasteiger partial charge on any atom is -0.351 e. The summed E-state index contributed by atoms with van der Waals surface area (Å²) >= 11 is 1.09. The van der Waals surface area contributed by atoms with Crippen molar-refractivity contribution < 1.29 is 27.7 Å². The van der Waals surface area contributed by atoms with Crippen molar-refractivity contribution in [2.45, 2.75) is 32.0 Å². The average Bonchev–Trinajstić information content (AvgIpc) is 3.20. The van der Waals surface area contributed by atoms with Gasteiger partial charge < -0.3 is 14.6 Å². The van der Waals surface area contributed by atoms with Crippen LogP contribution in [0.1, 0.15) is 33.8 Å². The number of hydrogen-bond donors (Lipinski definition) is 2. The van der Waals surface area contributed by atoms with E-state index >= 15 is 0 Å². The van der Waals surface area contributed by atoms with Gasteiger partial charge in [0.2, 0.25) is 5.76 Å². The predicted molar refractivity (Wildman–Crippen MR) is 83.4 cm³/mol. The van der Waals surface area contributed by atoms with E-state index < -0.39 is 11.9 Å². The maximum absolute atomic E-state index is 12.8. The summed E-state index contributed by atoms with van der Waals surface area (Å²) in [6.07, 6.45) is -3.33. The third kappa shape index (κ3) is 3.55. The number of nitrogens with zero attached hydrogens (tertiary/aromatic N) is 2. The minimum atomic E-state index is -4.60. The molecule has 2 aromatic rings. The Hall–Kier alpha value is -1.91. The Kier molecular flexibility index (Phi) is 4.85. The van der Waals surface area contributed by atoms with Crippen molar-refractivity contribution in [1.82, 2.24) is 15.5 Å². The van der Waals surface area contributed by atoms with E-state index in [4.69, 9.17) is 5.21 Å². The molecule has 0 bridgehead atoms. The third-order valence-corrected chi connectivity index (χ3v) is 5.28. The van der Waals surface area contributed by atoms with Crippen molar-refractivity contribution in [3.63, 3.8) is 0 Å². The zero-order valence-electron chi connectivity index (χ0n) is 13.3. The molecule has 136 valence electrons. The molecule has 1 amide bonds. The Bertz CT molecular complexity index is 764. The molecular formula is C15H16F3N3O3S. The monoisotopic (exact) mass is 375 g/mol. The molecule has 0 radical (unpaired) electrons. The maximum atomic E-state index is 12.8. The van der Waals surface area contributed by atoms with Crippen LogP contribution in [0.15, 0.2) is 16.7 Å². The molecule has 10 heteroatoms. The normalized spacial score (nSPS) is 16.4. The molecule has 1 aliphatic heterocycles. The van der Waals surface area contributed by atoms with Crippen LogP contribution in [0, 0.1) is 6.92 Å². The quantitative estimate of drug-likeness (QED) is 0.805. The van der Waals surface area contributed by atoms with Gasteiger partial charge in [0.15, 0.2) is 0 Å². The maximum Gasteiger partial charge on any atom is 0.452 e. The lowest BCUT2D eigenvalue weighted by Crippen LogP contribution is -2.43. The van der Waals surface area contributed by atoms with Gasteiger partial charge in [0, 0.05) is 24.7 Å². The highest BCUT2D eigenvalue weighted by Crippen LogP contribution is 2.38. The molecule has 0 saturated carbocycles. The molecule has 2 aromatic heterocycles. The van der Waals surface area contributed by atoms with E-state index in [-0.39, 0.29) is 23.2 Å². The van der Waals surface area contributed by atoms with E-state index in [1.807, 2.05) is 0 Å². The molecule has 1 saturated heterocycles. The largest absolute Gasteiger partial charge is 0.452 e. The fourth-order valence-electron chi connectivity index (χ4n) is 2.78. The van der Waals surface area contributed by atoms with Gasteiger partial charge in [0.05, 0.1) is 9.75 Å². The molecule has 25 heavy (non-hydrogen) atoms. The van der Waals surface area contributed by atoms with Crippen LogP contribution in [0.2, 0.25) is 0 Å². The number of aromatic nitrogens is 1. The summed E-state index contributed by atoms with van der Waals surface area (Å²) in [7, 11) is 0. The number of nitrogens with one attached hydrogen (secondary N) is 1. The zero-order valence-corrected chi connectivity index (χ0v) is 14.1. The summed E-state index contributed by atoms with van der Waals surface area (Å²) in [4.78, 5) is 15.1. The van der Waals surface area contributed by atoms with Gasteiger partial charge in [0.1, 0.15) is 5.69 Å². The molecule has 2 N–H and O–H groups in total. The summed E-state index contributed by atoms with van der Waals surface area (Å²) < 4.78 is 42.8. The standard InChI is InChI=1S/C15H16F3N3O3S/c1-8-12(20-24-13(8)15(16,17)18)10-2-3-11(25-10)14(22)21-6-4-9(19-23)5-7-21/h2-3,9,19,23H,4-7H2,1H3. The molecular weight excluding hydrogens is 359 g/mol. The van der Waals surface area contributed by atoms with Crippen molar-refractivity contribution in [2.75, 3.05) is 13.1 Å². The molecule has 1 aliphatic rings. The van der Waals surface area contributed by atoms with Crippen molar-refractivity contribution in [2.24, 2.45) is 0 Å². The van der Waals surface area contributed by atoms with Gasteiger partial charge in [-0.3, -0.25) is 4.79 Å². The SMILES string of the molecule is Cc1c(-c2ccc(C(=O)N3CCC(NO)CC3)s2)noc1C(F)(F)F. The molecule has 0 aromatic carbocycles. The lowest BCUT2D eigenvalue weighted by molar-refractivity contribution is -0.156.